The average molecular weight is 541 g/mol. The number of ether oxygens (including phenoxy) is 2. The van der Waals surface area contributed by atoms with Gasteiger partial charge < -0.3 is 9.47 Å². The van der Waals surface area contributed by atoms with Crippen molar-refractivity contribution in [2.24, 2.45) is 0 Å². The zero-order valence-corrected chi connectivity index (χ0v) is 21.1. The van der Waals surface area contributed by atoms with Gasteiger partial charge in [-0.2, -0.15) is 0 Å². The fraction of sp³-hybridized carbons (Fsp3) is 0.0769. The lowest BCUT2D eigenvalue weighted by atomic mass is 10.1. The first kappa shape index (κ1) is 25.4. The molecule has 0 spiro atoms. The van der Waals surface area contributed by atoms with Crippen molar-refractivity contribution >= 4 is 70.1 Å². The molecule has 0 saturated carbocycles. The summed E-state index contributed by atoms with van der Waals surface area (Å²) in [5, 5.41) is 2.81. The van der Waals surface area contributed by atoms with Gasteiger partial charge in [-0.05, 0) is 65.8 Å². The Morgan fingerprint density at radius 2 is 1.78 bits per heavy atom. The monoisotopic (exact) mass is 540 g/mol. The van der Waals surface area contributed by atoms with Crippen molar-refractivity contribution < 1.29 is 23.9 Å². The Balaban J connectivity index is 1.54. The van der Waals surface area contributed by atoms with Crippen molar-refractivity contribution in [3.63, 3.8) is 0 Å². The highest BCUT2D eigenvalue weighted by molar-refractivity contribution is 7.80. The van der Waals surface area contributed by atoms with Crippen molar-refractivity contribution in [2.75, 3.05) is 12.0 Å². The van der Waals surface area contributed by atoms with Crippen LogP contribution in [0.5, 0.6) is 5.75 Å². The number of benzene rings is 3. The Kier molecular flexibility index (Phi) is 7.69. The molecular formula is C26H18Cl2N2O5S. The smallest absolute Gasteiger partial charge is 0.337 e. The molecule has 36 heavy (non-hydrogen) atoms. The number of carbonyl (C=O) groups excluding carboxylic acids is 3. The van der Waals surface area contributed by atoms with E-state index in [1.165, 1.54) is 13.2 Å². The molecule has 4 rings (SSSR count). The Morgan fingerprint density at radius 3 is 2.50 bits per heavy atom. The standard InChI is InChI=1S/C26H18Cl2N2O5S/c1-34-25(33)17-10-8-15(9-11-17)14-35-18-5-2-4-16(12-18)13-19-23(31)29-26(36)30(24(19)32)21-7-3-6-20(27)22(21)28/h2-13H,14H2,1H3,(H,29,31,36). The molecule has 1 N–H and O–H groups in total. The maximum absolute atomic E-state index is 13.3. The van der Waals surface area contributed by atoms with Crippen molar-refractivity contribution in [3.8, 4) is 5.75 Å². The molecule has 1 saturated heterocycles. The van der Waals surface area contributed by atoms with Gasteiger partial charge in [-0.1, -0.05) is 53.5 Å². The van der Waals surface area contributed by atoms with Gasteiger partial charge >= 0.3 is 5.97 Å². The van der Waals surface area contributed by atoms with Crippen LogP contribution < -0.4 is 15.0 Å². The van der Waals surface area contributed by atoms with Gasteiger partial charge in [0.05, 0.1) is 28.4 Å². The van der Waals surface area contributed by atoms with Gasteiger partial charge in [0.2, 0.25) is 0 Å². The van der Waals surface area contributed by atoms with Crippen molar-refractivity contribution in [2.45, 2.75) is 6.61 Å². The lowest BCUT2D eigenvalue weighted by Crippen LogP contribution is -2.54. The molecule has 1 heterocycles. The number of methoxy groups -OCH3 is 1. The van der Waals surface area contributed by atoms with E-state index in [-0.39, 0.29) is 33.0 Å². The Labute approximate surface area is 222 Å². The third-order valence-electron chi connectivity index (χ3n) is 5.22. The van der Waals surface area contributed by atoms with Crippen LogP contribution in [-0.4, -0.2) is 30.0 Å². The van der Waals surface area contributed by atoms with Gasteiger partial charge in [-0.15, -0.1) is 0 Å². The van der Waals surface area contributed by atoms with E-state index >= 15 is 0 Å². The summed E-state index contributed by atoms with van der Waals surface area (Å²) in [6.45, 7) is 0.246. The van der Waals surface area contributed by atoms with Gasteiger partial charge in [0.15, 0.2) is 5.11 Å². The molecule has 2 amide bonds. The number of rotatable bonds is 6. The van der Waals surface area contributed by atoms with Gasteiger partial charge in [0.25, 0.3) is 11.8 Å². The minimum Gasteiger partial charge on any atom is -0.489 e. The van der Waals surface area contributed by atoms with Crippen LogP contribution in [0.1, 0.15) is 21.5 Å². The topological polar surface area (TPSA) is 84.9 Å². The number of anilines is 1. The van der Waals surface area contributed by atoms with E-state index in [1.54, 1.807) is 66.7 Å². The summed E-state index contributed by atoms with van der Waals surface area (Å²) in [4.78, 5) is 38.6. The Hall–Kier alpha value is -3.72. The van der Waals surface area contributed by atoms with Crippen LogP contribution in [0, 0.1) is 0 Å². The van der Waals surface area contributed by atoms with Gasteiger partial charge in [-0.3, -0.25) is 19.8 Å². The predicted octanol–water partition coefficient (Wildman–Crippen LogP) is 5.19. The zero-order valence-electron chi connectivity index (χ0n) is 18.8. The fourth-order valence-corrected chi connectivity index (χ4v) is 4.08. The van der Waals surface area contributed by atoms with Crippen molar-refractivity contribution in [3.05, 3.63) is 99.0 Å². The largest absolute Gasteiger partial charge is 0.489 e. The highest BCUT2D eigenvalue weighted by Crippen LogP contribution is 2.34. The van der Waals surface area contributed by atoms with Crippen LogP contribution in [0.15, 0.2) is 72.3 Å². The highest BCUT2D eigenvalue weighted by Gasteiger charge is 2.35. The van der Waals surface area contributed by atoms with Crippen LogP contribution in [0.3, 0.4) is 0 Å². The molecule has 0 aromatic heterocycles. The van der Waals surface area contributed by atoms with Crippen LogP contribution in [0.25, 0.3) is 6.08 Å². The maximum atomic E-state index is 13.3. The summed E-state index contributed by atoms with van der Waals surface area (Å²) in [6.07, 6.45) is 1.45. The molecule has 3 aromatic carbocycles. The van der Waals surface area contributed by atoms with Gasteiger partial charge in [-0.25, -0.2) is 4.79 Å². The SMILES string of the molecule is COC(=O)c1ccc(COc2cccc(C=C3C(=O)NC(=S)N(c4cccc(Cl)c4Cl)C3=O)c2)cc1. The third-order valence-corrected chi connectivity index (χ3v) is 6.32. The fourth-order valence-electron chi connectivity index (χ4n) is 3.42. The molecule has 0 aliphatic carbocycles. The van der Waals surface area contributed by atoms with Crippen LogP contribution in [0.4, 0.5) is 5.69 Å². The molecular weight excluding hydrogens is 523 g/mol. The quantitative estimate of drug-likeness (QED) is 0.200. The first-order valence-corrected chi connectivity index (χ1v) is 11.7. The van der Waals surface area contributed by atoms with Crippen LogP contribution in [0.2, 0.25) is 10.0 Å². The normalized spacial score (nSPS) is 14.6. The van der Waals surface area contributed by atoms with Crippen LogP contribution >= 0.6 is 35.4 Å². The minimum atomic E-state index is -0.634. The number of hydrogen-bond acceptors (Lipinski definition) is 6. The number of nitrogens with zero attached hydrogens (tertiary/aromatic N) is 1. The summed E-state index contributed by atoms with van der Waals surface area (Å²) in [5.41, 5.74) is 1.99. The van der Waals surface area contributed by atoms with E-state index in [4.69, 9.17) is 44.9 Å². The molecule has 182 valence electrons. The van der Waals surface area contributed by atoms with E-state index in [0.717, 1.165) is 10.5 Å². The third kappa shape index (κ3) is 5.41. The highest BCUT2D eigenvalue weighted by atomic mass is 35.5. The number of thiocarbonyl (C=S) groups is 1. The van der Waals surface area contributed by atoms with E-state index in [0.29, 0.717) is 16.9 Å². The van der Waals surface area contributed by atoms with Crippen molar-refractivity contribution in [1.29, 1.82) is 0 Å². The summed E-state index contributed by atoms with van der Waals surface area (Å²) in [5.74, 6) is -1.15. The zero-order chi connectivity index (χ0) is 25.8. The molecule has 0 radical (unpaired) electrons. The Bertz CT molecular complexity index is 1410. The number of esters is 1. The van der Waals surface area contributed by atoms with E-state index < -0.39 is 17.8 Å². The summed E-state index contributed by atoms with van der Waals surface area (Å²) < 4.78 is 10.5. The molecule has 1 fully saturated rings. The Morgan fingerprint density at radius 1 is 1.06 bits per heavy atom. The molecule has 10 heteroatoms. The second-order valence-electron chi connectivity index (χ2n) is 7.58. The summed E-state index contributed by atoms with van der Waals surface area (Å²) in [7, 11) is 1.32. The first-order valence-electron chi connectivity index (χ1n) is 10.5. The molecule has 0 atom stereocenters. The summed E-state index contributed by atoms with van der Waals surface area (Å²) in [6, 6.07) is 18.5. The second kappa shape index (κ2) is 10.9. The number of carbonyl (C=O) groups is 3. The van der Waals surface area contributed by atoms with Gasteiger partial charge in [0, 0.05) is 0 Å². The van der Waals surface area contributed by atoms with Gasteiger partial charge in [0.1, 0.15) is 17.9 Å². The van der Waals surface area contributed by atoms with Crippen LogP contribution in [-0.2, 0) is 20.9 Å². The number of hydrogen-bond donors (Lipinski definition) is 1. The minimum absolute atomic E-state index is 0.0957. The van der Waals surface area contributed by atoms with E-state index in [9.17, 15) is 14.4 Å². The van der Waals surface area contributed by atoms with Crippen molar-refractivity contribution in [1.82, 2.24) is 5.32 Å². The lowest BCUT2D eigenvalue weighted by molar-refractivity contribution is -0.122. The molecule has 3 aromatic rings. The number of amides is 2. The lowest BCUT2D eigenvalue weighted by Gasteiger charge is -2.29. The second-order valence-corrected chi connectivity index (χ2v) is 8.75. The molecule has 1 aliphatic rings. The molecule has 7 nitrogen and oxygen atoms in total. The maximum Gasteiger partial charge on any atom is 0.337 e. The average Bonchev–Trinajstić information content (AvgIpc) is 2.88. The molecule has 0 unspecified atom stereocenters. The predicted molar refractivity (Wildman–Crippen MR) is 141 cm³/mol. The number of nitrogens with one attached hydrogen (secondary N) is 1. The molecule has 1 aliphatic heterocycles. The summed E-state index contributed by atoms with van der Waals surface area (Å²) >= 11 is 17.6. The van der Waals surface area contributed by atoms with E-state index in [1.807, 2.05) is 0 Å². The molecule has 0 bridgehead atoms. The van der Waals surface area contributed by atoms with E-state index in [2.05, 4.69) is 5.32 Å². The number of halogens is 2. The first-order chi connectivity index (χ1) is 17.3.